The summed E-state index contributed by atoms with van der Waals surface area (Å²) in [5, 5.41) is 9.42. The van der Waals surface area contributed by atoms with E-state index in [0.717, 1.165) is 35.7 Å². The summed E-state index contributed by atoms with van der Waals surface area (Å²) in [6.07, 6.45) is 0. The lowest BCUT2D eigenvalue weighted by atomic mass is 10.0. The molecular weight excluding hydrogens is 348 g/mol. The van der Waals surface area contributed by atoms with E-state index in [1.54, 1.807) is 0 Å². The lowest BCUT2D eigenvalue weighted by Crippen LogP contribution is -2.52. The van der Waals surface area contributed by atoms with E-state index in [1.165, 1.54) is 5.56 Å². The predicted molar refractivity (Wildman–Crippen MR) is 112 cm³/mol. The van der Waals surface area contributed by atoms with E-state index in [1.807, 2.05) is 30.9 Å². The minimum Gasteiger partial charge on any atom is -0.336 e. The third-order valence-electron chi connectivity index (χ3n) is 5.68. The van der Waals surface area contributed by atoms with Crippen molar-refractivity contribution in [3.63, 3.8) is 0 Å². The number of amides is 1. The van der Waals surface area contributed by atoms with Crippen LogP contribution in [0.15, 0.2) is 30.3 Å². The van der Waals surface area contributed by atoms with Crippen molar-refractivity contribution in [2.45, 2.75) is 40.7 Å². The molecule has 28 heavy (non-hydrogen) atoms. The van der Waals surface area contributed by atoms with Crippen LogP contribution in [0.5, 0.6) is 0 Å². The summed E-state index contributed by atoms with van der Waals surface area (Å²) >= 11 is 0. The van der Waals surface area contributed by atoms with Crippen molar-refractivity contribution < 1.29 is 4.79 Å². The van der Waals surface area contributed by atoms with Gasteiger partial charge in [-0.3, -0.25) is 9.69 Å². The Hall–Kier alpha value is -2.58. The standard InChI is InChI=1S/C23H30N4O/c1-16(2)22(15-24)25-9-11-26(12-10-25)23(28)21-14-18(4)27(19(21)5)20-8-6-7-17(3)13-20/h6-8,13-14,16,22H,9-12H2,1-5H3. The normalized spacial score (nSPS) is 16.2. The summed E-state index contributed by atoms with van der Waals surface area (Å²) in [4.78, 5) is 17.3. The van der Waals surface area contributed by atoms with Crippen LogP contribution in [0, 0.1) is 38.0 Å². The zero-order valence-corrected chi connectivity index (χ0v) is 17.6. The molecule has 1 saturated heterocycles. The van der Waals surface area contributed by atoms with Crippen molar-refractivity contribution in [2.24, 2.45) is 5.92 Å². The first-order valence-electron chi connectivity index (χ1n) is 10.0. The van der Waals surface area contributed by atoms with Gasteiger partial charge in [0, 0.05) is 43.3 Å². The van der Waals surface area contributed by atoms with Gasteiger partial charge in [0.1, 0.15) is 6.04 Å². The van der Waals surface area contributed by atoms with Gasteiger partial charge in [-0.05, 0) is 50.5 Å². The Balaban J connectivity index is 1.78. The Morgan fingerprint density at radius 3 is 2.32 bits per heavy atom. The third-order valence-corrected chi connectivity index (χ3v) is 5.68. The average Bonchev–Trinajstić information content (AvgIpc) is 2.96. The fourth-order valence-electron chi connectivity index (χ4n) is 4.17. The number of carbonyl (C=O) groups is 1. The monoisotopic (exact) mass is 378 g/mol. The van der Waals surface area contributed by atoms with Crippen molar-refractivity contribution in [3.05, 3.63) is 52.8 Å². The molecular formula is C23H30N4O. The Morgan fingerprint density at radius 2 is 1.75 bits per heavy atom. The summed E-state index contributed by atoms with van der Waals surface area (Å²) in [6.45, 7) is 13.1. The Morgan fingerprint density at radius 1 is 1.07 bits per heavy atom. The summed E-state index contributed by atoms with van der Waals surface area (Å²) in [6, 6.07) is 12.7. The lowest BCUT2D eigenvalue weighted by Gasteiger charge is -2.38. The van der Waals surface area contributed by atoms with E-state index < -0.39 is 0 Å². The van der Waals surface area contributed by atoms with Gasteiger partial charge in [-0.15, -0.1) is 0 Å². The molecule has 1 fully saturated rings. The van der Waals surface area contributed by atoms with Crippen molar-refractivity contribution in [2.75, 3.05) is 26.2 Å². The second-order valence-corrected chi connectivity index (χ2v) is 8.11. The van der Waals surface area contributed by atoms with Crippen LogP contribution in [0.2, 0.25) is 0 Å². The van der Waals surface area contributed by atoms with Crippen LogP contribution in [0.25, 0.3) is 5.69 Å². The fraction of sp³-hybridized carbons (Fsp3) is 0.478. The molecule has 2 heterocycles. The quantitative estimate of drug-likeness (QED) is 0.815. The van der Waals surface area contributed by atoms with Gasteiger partial charge < -0.3 is 9.47 Å². The van der Waals surface area contributed by atoms with Gasteiger partial charge in [0.2, 0.25) is 0 Å². The number of carbonyl (C=O) groups excluding carboxylic acids is 1. The van der Waals surface area contributed by atoms with E-state index in [9.17, 15) is 10.1 Å². The van der Waals surface area contributed by atoms with Crippen LogP contribution in [-0.2, 0) is 0 Å². The molecule has 1 aliphatic heterocycles. The maximum Gasteiger partial charge on any atom is 0.255 e. The van der Waals surface area contributed by atoms with Crippen LogP contribution in [-0.4, -0.2) is 52.5 Å². The van der Waals surface area contributed by atoms with Crippen molar-refractivity contribution in [1.29, 1.82) is 5.26 Å². The highest BCUT2D eigenvalue weighted by molar-refractivity contribution is 5.96. The fourth-order valence-corrected chi connectivity index (χ4v) is 4.17. The second kappa shape index (κ2) is 8.20. The zero-order chi connectivity index (χ0) is 20.4. The molecule has 1 atom stereocenters. The third kappa shape index (κ3) is 3.83. The minimum absolute atomic E-state index is 0.0800. The molecule has 0 aliphatic carbocycles. The van der Waals surface area contributed by atoms with E-state index >= 15 is 0 Å². The zero-order valence-electron chi connectivity index (χ0n) is 17.6. The van der Waals surface area contributed by atoms with Crippen LogP contribution < -0.4 is 0 Å². The van der Waals surface area contributed by atoms with E-state index in [2.05, 4.69) is 54.5 Å². The van der Waals surface area contributed by atoms with Crippen LogP contribution in [0.1, 0.15) is 41.2 Å². The van der Waals surface area contributed by atoms with Crippen molar-refractivity contribution in [1.82, 2.24) is 14.4 Å². The second-order valence-electron chi connectivity index (χ2n) is 8.11. The van der Waals surface area contributed by atoms with E-state index in [4.69, 9.17) is 0 Å². The number of hydrogen-bond acceptors (Lipinski definition) is 3. The first-order chi connectivity index (χ1) is 13.3. The summed E-state index contributed by atoms with van der Waals surface area (Å²) < 4.78 is 2.15. The number of hydrogen-bond donors (Lipinski definition) is 0. The first-order valence-corrected chi connectivity index (χ1v) is 10.0. The molecule has 1 amide bonds. The number of rotatable bonds is 4. The molecule has 1 aromatic heterocycles. The maximum atomic E-state index is 13.2. The molecule has 1 aromatic carbocycles. The van der Waals surface area contributed by atoms with Gasteiger partial charge in [-0.1, -0.05) is 26.0 Å². The smallest absolute Gasteiger partial charge is 0.255 e. The molecule has 0 spiro atoms. The highest BCUT2D eigenvalue weighted by Gasteiger charge is 2.29. The van der Waals surface area contributed by atoms with Gasteiger partial charge >= 0.3 is 0 Å². The molecule has 3 rings (SSSR count). The molecule has 148 valence electrons. The first kappa shape index (κ1) is 20.2. The van der Waals surface area contributed by atoms with Crippen molar-refractivity contribution in [3.8, 4) is 11.8 Å². The molecule has 1 unspecified atom stereocenters. The molecule has 0 N–H and O–H groups in total. The molecule has 0 saturated carbocycles. The number of aromatic nitrogens is 1. The average molecular weight is 379 g/mol. The van der Waals surface area contributed by atoms with E-state index in [-0.39, 0.29) is 11.9 Å². The number of piperazine rings is 1. The Kier molecular flexibility index (Phi) is 5.90. The van der Waals surface area contributed by atoms with Crippen molar-refractivity contribution >= 4 is 5.91 Å². The van der Waals surface area contributed by atoms with E-state index in [0.29, 0.717) is 19.0 Å². The van der Waals surface area contributed by atoms with Gasteiger partial charge in [0.05, 0.1) is 11.6 Å². The lowest BCUT2D eigenvalue weighted by molar-refractivity contribution is 0.0576. The van der Waals surface area contributed by atoms with Crippen LogP contribution >= 0.6 is 0 Å². The number of nitriles is 1. The van der Waals surface area contributed by atoms with Gasteiger partial charge in [-0.25, -0.2) is 0 Å². The Bertz CT molecular complexity index is 898. The largest absolute Gasteiger partial charge is 0.336 e. The van der Waals surface area contributed by atoms with Crippen LogP contribution in [0.4, 0.5) is 0 Å². The van der Waals surface area contributed by atoms with Gasteiger partial charge in [0.15, 0.2) is 0 Å². The highest BCUT2D eigenvalue weighted by atomic mass is 16.2. The highest BCUT2D eigenvalue weighted by Crippen LogP contribution is 2.23. The molecule has 2 aromatic rings. The van der Waals surface area contributed by atoms with Gasteiger partial charge in [-0.2, -0.15) is 5.26 Å². The number of aryl methyl sites for hydroxylation is 2. The summed E-state index contributed by atoms with van der Waals surface area (Å²) in [7, 11) is 0. The minimum atomic E-state index is -0.0800. The topological polar surface area (TPSA) is 52.3 Å². The van der Waals surface area contributed by atoms with Crippen LogP contribution in [0.3, 0.4) is 0 Å². The molecule has 0 radical (unpaired) electrons. The Labute approximate surface area is 168 Å². The number of benzene rings is 1. The summed E-state index contributed by atoms with van der Waals surface area (Å²) in [5.74, 6) is 0.380. The maximum absolute atomic E-state index is 13.2. The van der Waals surface area contributed by atoms with Gasteiger partial charge in [0.25, 0.3) is 5.91 Å². The predicted octanol–water partition coefficient (Wildman–Crippen LogP) is 3.71. The summed E-state index contributed by atoms with van der Waals surface area (Å²) in [5.41, 5.74) is 5.11. The SMILES string of the molecule is Cc1cccc(-n2c(C)cc(C(=O)N3CCN(C(C#N)C(C)C)CC3)c2C)c1. The number of nitrogens with zero attached hydrogens (tertiary/aromatic N) is 4. The molecule has 5 nitrogen and oxygen atoms in total. The molecule has 1 aliphatic rings. The molecule has 0 bridgehead atoms. The molecule has 5 heteroatoms.